The lowest BCUT2D eigenvalue weighted by Gasteiger charge is -2.39. The monoisotopic (exact) mass is 384 g/mol. The Kier molecular flexibility index (Phi) is 6.76. The maximum atomic E-state index is 14.2. The first kappa shape index (κ1) is 20.0. The lowest BCUT2D eigenvalue weighted by atomic mass is 9.87. The molecule has 0 radical (unpaired) electrons. The molecule has 28 heavy (non-hydrogen) atoms. The van der Waals surface area contributed by atoms with Gasteiger partial charge in [-0.15, -0.1) is 0 Å². The second kappa shape index (κ2) is 9.46. The maximum Gasteiger partial charge on any atom is 0.257 e. The Morgan fingerprint density at radius 1 is 1.11 bits per heavy atom. The van der Waals surface area contributed by atoms with Gasteiger partial charge in [-0.1, -0.05) is 42.5 Å². The summed E-state index contributed by atoms with van der Waals surface area (Å²) < 4.78 is 19.2. The zero-order valence-corrected chi connectivity index (χ0v) is 15.9. The topological polar surface area (TPSA) is 58.6 Å². The number of carbonyl (C=O) groups excluding carboxylic acids is 2. The number of carbonyl (C=O) groups is 2. The highest BCUT2D eigenvalue weighted by Gasteiger charge is 2.36. The van der Waals surface area contributed by atoms with Gasteiger partial charge in [0.15, 0.2) is 0 Å². The minimum absolute atomic E-state index is 0.0314. The van der Waals surface area contributed by atoms with Crippen molar-refractivity contribution in [2.45, 2.75) is 18.9 Å². The van der Waals surface area contributed by atoms with Crippen LogP contribution < -0.4 is 5.32 Å². The van der Waals surface area contributed by atoms with Gasteiger partial charge >= 0.3 is 0 Å². The van der Waals surface area contributed by atoms with Crippen molar-refractivity contribution in [2.24, 2.45) is 5.92 Å². The quantitative estimate of drug-likeness (QED) is 0.779. The predicted octanol–water partition coefficient (Wildman–Crippen LogP) is 3.18. The van der Waals surface area contributed by atoms with Gasteiger partial charge in [0.2, 0.25) is 5.91 Å². The molecule has 0 spiro atoms. The Labute approximate surface area is 164 Å². The summed E-state index contributed by atoms with van der Waals surface area (Å²) in [5, 5.41) is 2.84. The highest BCUT2D eigenvalue weighted by molar-refractivity contribution is 5.95. The second-order valence-electron chi connectivity index (χ2n) is 6.92. The van der Waals surface area contributed by atoms with Crippen LogP contribution in [0.1, 0.15) is 34.8 Å². The van der Waals surface area contributed by atoms with Gasteiger partial charge in [-0.05, 0) is 30.5 Å². The van der Waals surface area contributed by atoms with Crippen LogP contribution in [0.15, 0.2) is 54.6 Å². The first-order valence-electron chi connectivity index (χ1n) is 9.49. The molecule has 0 aromatic heterocycles. The van der Waals surface area contributed by atoms with Crippen molar-refractivity contribution in [3.8, 4) is 0 Å². The van der Waals surface area contributed by atoms with E-state index in [-0.39, 0.29) is 35.9 Å². The molecule has 3 rings (SSSR count). The maximum absolute atomic E-state index is 14.2. The lowest BCUT2D eigenvalue weighted by Crippen LogP contribution is -2.47. The highest BCUT2D eigenvalue weighted by Crippen LogP contribution is 2.34. The standard InChI is InChI=1S/C22H25FN2O3/c1-28-14-13-24-21(26)17-11-12-20(16-7-3-2-4-8-16)25(15-17)22(27)18-9-5-6-10-19(18)23/h2-10,17,20H,11-15H2,1H3,(H,24,26)/t17-,20+/m1/s1. The van der Waals surface area contributed by atoms with Crippen LogP contribution in [0, 0.1) is 11.7 Å². The number of halogens is 1. The molecule has 1 heterocycles. The molecular formula is C22H25FN2O3. The van der Waals surface area contributed by atoms with E-state index in [2.05, 4.69) is 5.32 Å². The SMILES string of the molecule is COCCNC(=O)[C@@H]1CC[C@@H](c2ccccc2)N(C(=O)c2ccccc2F)C1. The molecule has 5 nitrogen and oxygen atoms in total. The van der Waals surface area contributed by atoms with E-state index >= 15 is 0 Å². The number of rotatable bonds is 6. The third kappa shape index (κ3) is 4.57. The lowest BCUT2D eigenvalue weighted by molar-refractivity contribution is -0.127. The van der Waals surface area contributed by atoms with Crippen LogP contribution in [0.4, 0.5) is 4.39 Å². The van der Waals surface area contributed by atoms with Crippen molar-refractivity contribution in [1.29, 1.82) is 0 Å². The average Bonchev–Trinajstić information content (AvgIpc) is 2.74. The van der Waals surface area contributed by atoms with Gasteiger partial charge in [0.05, 0.1) is 24.1 Å². The largest absolute Gasteiger partial charge is 0.383 e. The van der Waals surface area contributed by atoms with Gasteiger partial charge < -0.3 is 15.0 Å². The third-order valence-electron chi connectivity index (χ3n) is 5.11. The Balaban J connectivity index is 1.84. The fraction of sp³-hybridized carbons (Fsp3) is 0.364. The molecule has 1 aliphatic heterocycles. The molecule has 1 N–H and O–H groups in total. The summed E-state index contributed by atoms with van der Waals surface area (Å²) >= 11 is 0. The molecule has 6 heteroatoms. The summed E-state index contributed by atoms with van der Waals surface area (Å²) in [4.78, 5) is 27.3. The minimum Gasteiger partial charge on any atom is -0.383 e. The minimum atomic E-state index is -0.550. The van der Waals surface area contributed by atoms with Gasteiger partial charge in [0.1, 0.15) is 5.82 Å². The molecule has 2 atom stereocenters. The number of benzene rings is 2. The number of ether oxygens (including phenoxy) is 1. The first-order valence-corrected chi connectivity index (χ1v) is 9.49. The van der Waals surface area contributed by atoms with Crippen LogP contribution in [0.3, 0.4) is 0 Å². The van der Waals surface area contributed by atoms with Gasteiger partial charge in [-0.25, -0.2) is 4.39 Å². The Morgan fingerprint density at radius 3 is 2.54 bits per heavy atom. The van der Waals surface area contributed by atoms with Crippen LogP contribution in [0.2, 0.25) is 0 Å². The van der Waals surface area contributed by atoms with E-state index in [4.69, 9.17) is 4.74 Å². The second-order valence-corrected chi connectivity index (χ2v) is 6.92. The third-order valence-corrected chi connectivity index (χ3v) is 5.11. The van der Waals surface area contributed by atoms with Crippen molar-refractivity contribution >= 4 is 11.8 Å². The number of hydrogen-bond donors (Lipinski definition) is 1. The number of amides is 2. The molecule has 1 aliphatic rings. The Hall–Kier alpha value is -2.73. The van der Waals surface area contributed by atoms with Crippen LogP contribution in [-0.4, -0.2) is 43.5 Å². The van der Waals surface area contributed by atoms with Crippen LogP contribution >= 0.6 is 0 Å². The van der Waals surface area contributed by atoms with E-state index in [1.807, 2.05) is 30.3 Å². The van der Waals surface area contributed by atoms with E-state index in [0.29, 0.717) is 26.0 Å². The van der Waals surface area contributed by atoms with Crippen molar-refractivity contribution in [2.75, 3.05) is 26.8 Å². The summed E-state index contributed by atoms with van der Waals surface area (Å²) in [6.45, 7) is 1.11. The van der Waals surface area contributed by atoms with Crippen LogP contribution in [-0.2, 0) is 9.53 Å². The molecule has 0 unspecified atom stereocenters. The normalized spacial score (nSPS) is 19.3. The van der Waals surface area contributed by atoms with Crippen molar-refractivity contribution in [3.63, 3.8) is 0 Å². The zero-order chi connectivity index (χ0) is 19.9. The van der Waals surface area contributed by atoms with Crippen LogP contribution in [0.25, 0.3) is 0 Å². The Bertz CT molecular complexity index is 812. The smallest absolute Gasteiger partial charge is 0.257 e. The molecule has 2 aromatic carbocycles. The number of nitrogens with one attached hydrogen (secondary N) is 1. The van der Waals surface area contributed by atoms with Gasteiger partial charge in [0, 0.05) is 20.2 Å². The summed E-state index contributed by atoms with van der Waals surface area (Å²) in [7, 11) is 1.58. The number of piperidine rings is 1. The van der Waals surface area contributed by atoms with Crippen LogP contribution in [0.5, 0.6) is 0 Å². The fourth-order valence-electron chi connectivity index (χ4n) is 3.64. The number of likely N-dealkylation sites (tertiary alicyclic amines) is 1. The van der Waals surface area contributed by atoms with E-state index in [1.165, 1.54) is 12.1 Å². The molecule has 1 saturated heterocycles. The fourth-order valence-corrected chi connectivity index (χ4v) is 3.64. The van der Waals surface area contributed by atoms with Gasteiger partial charge in [0.25, 0.3) is 5.91 Å². The molecular weight excluding hydrogens is 359 g/mol. The van der Waals surface area contributed by atoms with Crippen molar-refractivity contribution in [3.05, 3.63) is 71.5 Å². The predicted molar refractivity (Wildman–Crippen MR) is 104 cm³/mol. The first-order chi connectivity index (χ1) is 13.6. The van der Waals surface area contributed by atoms with Crippen molar-refractivity contribution < 1.29 is 18.7 Å². The molecule has 2 aromatic rings. The van der Waals surface area contributed by atoms with E-state index in [0.717, 1.165) is 5.56 Å². The van der Waals surface area contributed by atoms with Gasteiger partial charge in [-0.2, -0.15) is 0 Å². The van der Waals surface area contributed by atoms with Gasteiger partial charge in [-0.3, -0.25) is 9.59 Å². The summed E-state index contributed by atoms with van der Waals surface area (Å²) in [5.74, 6) is -1.37. The molecule has 148 valence electrons. The molecule has 2 amide bonds. The number of methoxy groups -OCH3 is 1. The Morgan fingerprint density at radius 2 is 1.82 bits per heavy atom. The molecule has 1 fully saturated rings. The van der Waals surface area contributed by atoms with E-state index < -0.39 is 5.82 Å². The zero-order valence-electron chi connectivity index (χ0n) is 15.9. The summed E-state index contributed by atoms with van der Waals surface area (Å²) in [6.07, 6.45) is 1.31. The summed E-state index contributed by atoms with van der Waals surface area (Å²) in [5.41, 5.74) is 1.02. The van der Waals surface area contributed by atoms with Crippen molar-refractivity contribution in [1.82, 2.24) is 10.2 Å². The molecule has 0 bridgehead atoms. The number of hydrogen-bond acceptors (Lipinski definition) is 3. The molecule has 0 aliphatic carbocycles. The van der Waals surface area contributed by atoms with E-state index in [1.54, 1.807) is 24.1 Å². The van der Waals surface area contributed by atoms with E-state index in [9.17, 15) is 14.0 Å². The molecule has 0 saturated carbocycles. The summed E-state index contributed by atoms with van der Waals surface area (Å²) in [6, 6.07) is 15.5. The highest BCUT2D eigenvalue weighted by atomic mass is 19.1. The average molecular weight is 384 g/mol. The number of nitrogens with zero attached hydrogens (tertiary/aromatic N) is 1.